The molecule has 0 fully saturated rings. The van der Waals surface area contributed by atoms with E-state index in [4.69, 9.17) is 0 Å². The lowest BCUT2D eigenvalue weighted by Crippen LogP contribution is -2.20. The summed E-state index contributed by atoms with van der Waals surface area (Å²) in [5.41, 5.74) is 7.86. The summed E-state index contributed by atoms with van der Waals surface area (Å²) in [7, 11) is 1.33. The lowest BCUT2D eigenvalue weighted by atomic mass is 10.1. The van der Waals surface area contributed by atoms with Crippen molar-refractivity contribution < 1.29 is 14.3 Å². The Bertz CT molecular complexity index is 1380. The molecule has 0 unspecified atom stereocenters. The van der Waals surface area contributed by atoms with E-state index in [2.05, 4.69) is 25.5 Å². The Balaban J connectivity index is 1.45. The zero-order valence-electron chi connectivity index (χ0n) is 20.1. The fraction of sp³-hybridized carbons (Fsp3) is 0.148. The molecule has 9 heteroatoms. The van der Waals surface area contributed by atoms with Gasteiger partial charge in [0.05, 0.1) is 24.6 Å². The molecule has 0 atom stereocenters. The standard InChI is InChI=1S/C27H25N5O3S/c1-18-4-10-21(11-5-18)25-30-31-27(32(25)23-14-6-19(2)7-15-23)36-17-24(33)29-28-16-20-8-12-22(13-9-20)26(34)35-3/h4-16H,17H2,1-3H3,(H,29,33)/b28-16+. The van der Waals surface area contributed by atoms with E-state index < -0.39 is 5.97 Å². The Kier molecular flexibility index (Phi) is 7.92. The quantitative estimate of drug-likeness (QED) is 0.165. The number of aryl methyl sites for hydroxylation is 2. The zero-order valence-corrected chi connectivity index (χ0v) is 21.0. The van der Waals surface area contributed by atoms with Crippen molar-refractivity contribution in [3.8, 4) is 17.1 Å². The highest BCUT2D eigenvalue weighted by Crippen LogP contribution is 2.28. The van der Waals surface area contributed by atoms with E-state index in [1.165, 1.54) is 25.1 Å². The maximum absolute atomic E-state index is 12.4. The SMILES string of the molecule is COC(=O)c1ccc(/C=N/NC(=O)CSc2nnc(-c3ccc(C)cc3)n2-c2ccc(C)cc2)cc1. The van der Waals surface area contributed by atoms with Gasteiger partial charge in [-0.2, -0.15) is 5.10 Å². The molecule has 1 amide bonds. The normalized spacial score (nSPS) is 11.0. The molecular formula is C27H25N5O3S. The third-order valence-electron chi connectivity index (χ3n) is 5.30. The van der Waals surface area contributed by atoms with Gasteiger partial charge in [0.2, 0.25) is 0 Å². The Hall–Kier alpha value is -4.24. The molecule has 8 nitrogen and oxygen atoms in total. The highest BCUT2D eigenvalue weighted by molar-refractivity contribution is 7.99. The van der Waals surface area contributed by atoms with Gasteiger partial charge in [0.15, 0.2) is 11.0 Å². The van der Waals surface area contributed by atoms with Gasteiger partial charge >= 0.3 is 5.97 Å². The maximum Gasteiger partial charge on any atom is 0.337 e. The number of hydrogen-bond acceptors (Lipinski definition) is 7. The molecule has 3 aromatic carbocycles. The Labute approximate surface area is 213 Å². The van der Waals surface area contributed by atoms with E-state index in [9.17, 15) is 9.59 Å². The van der Waals surface area contributed by atoms with Gasteiger partial charge in [-0.25, -0.2) is 10.2 Å². The zero-order chi connectivity index (χ0) is 25.5. The minimum atomic E-state index is -0.409. The van der Waals surface area contributed by atoms with Crippen molar-refractivity contribution in [2.45, 2.75) is 19.0 Å². The van der Waals surface area contributed by atoms with Gasteiger partial charge in [-0.3, -0.25) is 9.36 Å². The number of carbonyl (C=O) groups is 2. The number of nitrogens with one attached hydrogen (secondary N) is 1. The van der Waals surface area contributed by atoms with Crippen molar-refractivity contribution in [2.24, 2.45) is 5.10 Å². The fourth-order valence-electron chi connectivity index (χ4n) is 3.34. The molecule has 4 aromatic rings. The number of aromatic nitrogens is 3. The van der Waals surface area contributed by atoms with Gasteiger partial charge in [-0.15, -0.1) is 10.2 Å². The van der Waals surface area contributed by atoms with Crippen LogP contribution in [0.3, 0.4) is 0 Å². The first-order valence-corrected chi connectivity index (χ1v) is 12.2. The largest absolute Gasteiger partial charge is 0.465 e. The minimum absolute atomic E-state index is 0.108. The van der Waals surface area contributed by atoms with Crippen molar-refractivity contribution in [2.75, 3.05) is 12.9 Å². The summed E-state index contributed by atoms with van der Waals surface area (Å²) in [4.78, 5) is 23.9. The fourth-order valence-corrected chi connectivity index (χ4v) is 4.09. The molecule has 0 spiro atoms. The number of rotatable bonds is 8. The van der Waals surface area contributed by atoms with Crippen LogP contribution in [-0.2, 0) is 9.53 Å². The summed E-state index contributed by atoms with van der Waals surface area (Å²) in [6, 6.07) is 22.9. The predicted molar refractivity (Wildman–Crippen MR) is 141 cm³/mol. The minimum Gasteiger partial charge on any atom is -0.465 e. The number of esters is 1. The first-order valence-electron chi connectivity index (χ1n) is 11.2. The highest BCUT2D eigenvalue weighted by atomic mass is 32.2. The average molecular weight is 500 g/mol. The van der Waals surface area contributed by atoms with Gasteiger partial charge < -0.3 is 4.74 Å². The van der Waals surface area contributed by atoms with Crippen molar-refractivity contribution in [1.82, 2.24) is 20.2 Å². The van der Waals surface area contributed by atoms with Crippen LogP contribution in [0, 0.1) is 13.8 Å². The molecule has 182 valence electrons. The van der Waals surface area contributed by atoms with Crippen LogP contribution in [0.2, 0.25) is 0 Å². The molecule has 1 heterocycles. The van der Waals surface area contributed by atoms with Gasteiger partial charge in [0.25, 0.3) is 5.91 Å². The molecule has 0 radical (unpaired) electrons. The third kappa shape index (κ3) is 6.05. The molecule has 0 aliphatic rings. The van der Waals surface area contributed by atoms with E-state index >= 15 is 0 Å². The van der Waals surface area contributed by atoms with Crippen LogP contribution < -0.4 is 5.43 Å². The molecule has 4 rings (SSSR count). The summed E-state index contributed by atoms with van der Waals surface area (Å²) in [5.74, 6) is 0.122. The first kappa shape index (κ1) is 24.9. The number of amides is 1. The smallest absolute Gasteiger partial charge is 0.337 e. The van der Waals surface area contributed by atoms with Gasteiger partial charge in [0, 0.05) is 11.3 Å². The number of ether oxygens (including phenoxy) is 1. The summed E-state index contributed by atoms with van der Waals surface area (Å²) in [6.07, 6.45) is 1.51. The van der Waals surface area contributed by atoms with Crippen LogP contribution in [0.5, 0.6) is 0 Å². The van der Waals surface area contributed by atoms with Crippen LogP contribution in [0.1, 0.15) is 27.0 Å². The van der Waals surface area contributed by atoms with Gasteiger partial charge in [0.1, 0.15) is 0 Å². The summed E-state index contributed by atoms with van der Waals surface area (Å²) in [6.45, 7) is 4.07. The lowest BCUT2D eigenvalue weighted by Gasteiger charge is -2.11. The molecule has 0 saturated carbocycles. The second kappa shape index (κ2) is 11.5. The van der Waals surface area contributed by atoms with Crippen molar-refractivity contribution in [1.29, 1.82) is 0 Å². The van der Waals surface area contributed by atoms with Crippen LogP contribution in [0.4, 0.5) is 0 Å². The number of nitrogens with zero attached hydrogens (tertiary/aromatic N) is 4. The number of hydrazone groups is 1. The van der Waals surface area contributed by atoms with E-state index in [1.807, 2.05) is 66.9 Å². The Morgan fingerprint density at radius 2 is 1.58 bits per heavy atom. The van der Waals surface area contributed by atoms with Crippen LogP contribution >= 0.6 is 11.8 Å². The molecule has 0 bridgehead atoms. The van der Waals surface area contributed by atoms with Crippen molar-refractivity contribution in [3.05, 3.63) is 95.1 Å². The molecule has 1 aromatic heterocycles. The molecular weight excluding hydrogens is 474 g/mol. The van der Waals surface area contributed by atoms with E-state index in [0.717, 1.165) is 27.9 Å². The Morgan fingerprint density at radius 3 is 2.22 bits per heavy atom. The van der Waals surface area contributed by atoms with Gasteiger partial charge in [-0.1, -0.05) is 71.4 Å². The second-order valence-electron chi connectivity index (χ2n) is 8.04. The van der Waals surface area contributed by atoms with Crippen LogP contribution in [0.25, 0.3) is 17.1 Å². The van der Waals surface area contributed by atoms with Crippen LogP contribution in [0.15, 0.2) is 83.1 Å². The van der Waals surface area contributed by atoms with E-state index in [1.54, 1.807) is 24.3 Å². The number of thioether (sulfide) groups is 1. The molecule has 0 saturated heterocycles. The lowest BCUT2D eigenvalue weighted by molar-refractivity contribution is -0.118. The molecule has 0 aliphatic heterocycles. The van der Waals surface area contributed by atoms with E-state index in [0.29, 0.717) is 16.5 Å². The third-order valence-corrected chi connectivity index (χ3v) is 6.23. The Morgan fingerprint density at radius 1 is 0.944 bits per heavy atom. The first-order chi connectivity index (χ1) is 17.4. The monoisotopic (exact) mass is 499 g/mol. The molecule has 36 heavy (non-hydrogen) atoms. The average Bonchev–Trinajstić information content (AvgIpc) is 3.32. The predicted octanol–water partition coefficient (Wildman–Crippen LogP) is 4.58. The second-order valence-corrected chi connectivity index (χ2v) is 8.98. The van der Waals surface area contributed by atoms with Gasteiger partial charge in [-0.05, 0) is 43.7 Å². The van der Waals surface area contributed by atoms with Crippen LogP contribution in [-0.4, -0.2) is 45.7 Å². The van der Waals surface area contributed by atoms with Crippen molar-refractivity contribution >= 4 is 29.9 Å². The number of carbonyl (C=O) groups excluding carboxylic acids is 2. The summed E-state index contributed by atoms with van der Waals surface area (Å²) >= 11 is 1.28. The topological polar surface area (TPSA) is 98.5 Å². The maximum atomic E-state index is 12.4. The highest BCUT2D eigenvalue weighted by Gasteiger charge is 2.17. The number of methoxy groups -OCH3 is 1. The summed E-state index contributed by atoms with van der Waals surface area (Å²) < 4.78 is 6.63. The molecule has 0 aliphatic carbocycles. The molecule has 1 N–H and O–H groups in total. The van der Waals surface area contributed by atoms with E-state index in [-0.39, 0.29) is 11.7 Å². The summed E-state index contributed by atoms with van der Waals surface area (Å²) in [5, 5.41) is 13.4. The number of benzene rings is 3. The number of hydrogen-bond donors (Lipinski definition) is 1. The van der Waals surface area contributed by atoms with Crippen molar-refractivity contribution in [3.63, 3.8) is 0 Å².